The van der Waals surface area contributed by atoms with E-state index in [-0.39, 0.29) is 0 Å². The van der Waals surface area contributed by atoms with Crippen molar-refractivity contribution in [1.82, 2.24) is 15.1 Å². The highest BCUT2D eigenvalue weighted by molar-refractivity contribution is 5.79. The summed E-state index contributed by atoms with van der Waals surface area (Å²) in [5.74, 6) is 1.02. The van der Waals surface area contributed by atoms with Gasteiger partial charge < -0.3 is 14.6 Å². The van der Waals surface area contributed by atoms with Gasteiger partial charge >= 0.3 is 0 Å². The van der Waals surface area contributed by atoms with Gasteiger partial charge in [0.05, 0.1) is 6.54 Å². The quantitative estimate of drug-likeness (QED) is 0.919. The topological polar surface area (TPSA) is 31.6 Å². The number of piperazine rings is 1. The van der Waals surface area contributed by atoms with Crippen LogP contribution in [-0.2, 0) is 6.54 Å². The molecule has 1 fully saturated rings. The molecular weight excluding hydrogens is 286 g/mol. The second kappa shape index (κ2) is 7.04. The van der Waals surface area contributed by atoms with Crippen molar-refractivity contribution in [1.29, 1.82) is 0 Å². The van der Waals surface area contributed by atoms with Crippen LogP contribution in [0.5, 0.6) is 0 Å². The highest BCUT2D eigenvalue weighted by atomic mass is 16.3. The first-order valence-corrected chi connectivity index (χ1v) is 8.65. The van der Waals surface area contributed by atoms with E-state index in [9.17, 15) is 0 Å². The van der Waals surface area contributed by atoms with Crippen LogP contribution >= 0.6 is 0 Å². The van der Waals surface area contributed by atoms with E-state index in [1.165, 1.54) is 42.7 Å². The van der Waals surface area contributed by atoms with Crippen LogP contribution in [0.4, 0.5) is 0 Å². The van der Waals surface area contributed by atoms with Gasteiger partial charge in [0.15, 0.2) is 0 Å². The van der Waals surface area contributed by atoms with Crippen molar-refractivity contribution in [3.05, 3.63) is 35.1 Å². The van der Waals surface area contributed by atoms with Crippen LogP contribution in [0.3, 0.4) is 0 Å². The summed E-state index contributed by atoms with van der Waals surface area (Å²) in [5.41, 5.74) is 3.60. The Hall–Kier alpha value is -1.36. The lowest BCUT2D eigenvalue weighted by Gasteiger charge is -2.34. The van der Waals surface area contributed by atoms with Crippen molar-refractivity contribution < 1.29 is 4.42 Å². The van der Waals surface area contributed by atoms with E-state index >= 15 is 0 Å². The predicted octanol–water partition coefficient (Wildman–Crippen LogP) is 2.78. The SMILES string of the molecule is Cc1cc2cc(CN[C@H](C)CN3CCN(C)CC3)oc2cc1C. The number of benzene rings is 1. The molecule has 0 unspecified atom stereocenters. The molecule has 2 aromatic rings. The first-order valence-electron chi connectivity index (χ1n) is 8.65. The van der Waals surface area contributed by atoms with Gasteiger partial charge in [-0.2, -0.15) is 0 Å². The summed E-state index contributed by atoms with van der Waals surface area (Å²) in [7, 11) is 2.20. The fraction of sp³-hybridized carbons (Fsp3) is 0.579. The van der Waals surface area contributed by atoms with E-state index in [4.69, 9.17) is 4.42 Å². The predicted molar refractivity (Wildman–Crippen MR) is 95.9 cm³/mol. The first-order chi connectivity index (χ1) is 11.0. The summed E-state index contributed by atoms with van der Waals surface area (Å²) < 4.78 is 5.98. The number of furan rings is 1. The summed E-state index contributed by atoms with van der Waals surface area (Å²) in [4.78, 5) is 4.94. The van der Waals surface area contributed by atoms with Crippen molar-refractivity contribution in [2.45, 2.75) is 33.4 Å². The molecule has 2 heterocycles. The molecule has 0 spiro atoms. The maximum Gasteiger partial charge on any atom is 0.134 e. The minimum absolute atomic E-state index is 0.468. The minimum Gasteiger partial charge on any atom is -0.460 e. The standard InChI is InChI=1S/C19H29N3O/c1-14-9-17-11-18(23-19(17)10-15(14)2)12-20-16(3)13-22-7-5-21(4)6-8-22/h9-11,16,20H,5-8,12-13H2,1-4H3/t16-/m1/s1. The van der Waals surface area contributed by atoms with Gasteiger partial charge in [0.2, 0.25) is 0 Å². The van der Waals surface area contributed by atoms with Crippen molar-refractivity contribution in [3.63, 3.8) is 0 Å². The minimum atomic E-state index is 0.468. The van der Waals surface area contributed by atoms with E-state index in [0.717, 1.165) is 24.4 Å². The number of aryl methyl sites for hydroxylation is 2. The molecule has 3 rings (SSSR count). The second-order valence-corrected chi connectivity index (χ2v) is 7.07. The van der Waals surface area contributed by atoms with Gasteiger partial charge in [0, 0.05) is 44.2 Å². The molecule has 4 heteroatoms. The Kier molecular flexibility index (Phi) is 5.05. The molecule has 23 heavy (non-hydrogen) atoms. The third-order valence-corrected chi connectivity index (χ3v) is 4.94. The van der Waals surface area contributed by atoms with Gasteiger partial charge in [-0.25, -0.2) is 0 Å². The molecule has 1 aromatic carbocycles. The Labute approximate surface area is 139 Å². The van der Waals surface area contributed by atoms with Crippen molar-refractivity contribution in [2.75, 3.05) is 39.8 Å². The molecule has 0 amide bonds. The summed E-state index contributed by atoms with van der Waals surface area (Å²) in [6.07, 6.45) is 0. The number of likely N-dealkylation sites (N-methyl/N-ethyl adjacent to an activating group) is 1. The fourth-order valence-electron chi connectivity index (χ4n) is 3.20. The Morgan fingerprint density at radius 2 is 1.78 bits per heavy atom. The molecule has 126 valence electrons. The van der Waals surface area contributed by atoms with Crippen LogP contribution in [0.25, 0.3) is 11.0 Å². The van der Waals surface area contributed by atoms with E-state index in [1.54, 1.807) is 0 Å². The van der Waals surface area contributed by atoms with Gasteiger partial charge in [-0.05, 0) is 57.1 Å². The summed E-state index contributed by atoms with van der Waals surface area (Å²) in [6.45, 7) is 13.1. The number of nitrogens with one attached hydrogen (secondary N) is 1. The second-order valence-electron chi connectivity index (χ2n) is 7.07. The van der Waals surface area contributed by atoms with Crippen LogP contribution in [-0.4, -0.2) is 55.6 Å². The zero-order chi connectivity index (χ0) is 16.4. The number of rotatable bonds is 5. The molecule has 0 saturated carbocycles. The average molecular weight is 315 g/mol. The Morgan fingerprint density at radius 3 is 2.52 bits per heavy atom. The van der Waals surface area contributed by atoms with E-state index in [2.05, 4.69) is 61.1 Å². The zero-order valence-electron chi connectivity index (χ0n) is 14.9. The molecule has 1 aromatic heterocycles. The Balaban J connectivity index is 1.53. The maximum absolute atomic E-state index is 5.98. The molecule has 1 saturated heterocycles. The third kappa shape index (κ3) is 4.14. The smallest absolute Gasteiger partial charge is 0.134 e. The van der Waals surface area contributed by atoms with E-state index in [0.29, 0.717) is 6.04 Å². The van der Waals surface area contributed by atoms with Gasteiger partial charge in [-0.15, -0.1) is 0 Å². The number of fused-ring (bicyclic) bond motifs is 1. The molecular formula is C19H29N3O. The number of nitrogens with zero attached hydrogens (tertiary/aromatic N) is 2. The first kappa shape index (κ1) is 16.5. The largest absolute Gasteiger partial charge is 0.460 e. The zero-order valence-corrected chi connectivity index (χ0v) is 14.9. The Bertz CT molecular complexity index is 617. The summed E-state index contributed by atoms with van der Waals surface area (Å²) in [5, 5.41) is 4.80. The van der Waals surface area contributed by atoms with Crippen molar-refractivity contribution in [2.24, 2.45) is 0 Å². The normalized spacial score (nSPS) is 18.6. The van der Waals surface area contributed by atoms with Gasteiger partial charge in [0.25, 0.3) is 0 Å². The lowest BCUT2D eigenvalue weighted by Crippen LogP contribution is -2.48. The highest BCUT2D eigenvalue weighted by Crippen LogP contribution is 2.23. The average Bonchev–Trinajstić information content (AvgIpc) is 2.90. The van der Waals surface area contributed by atoms with Crippen LogP contribution in [0.1, 0.15) is 23.8 Å². The molecule has 1 atom stereocenters. The highest BCUT2D eigenvalue weighted by Gasteiger charge is 2.16. The number of hydrogen-bond donors (Lipinski definition) is 1. The Morgan fingerprint density at radius 1 is 1.09 bits per heavy atom. The maximum atomic E-state index is 5.98. The third-order valence-electron chi connectivity index (χ3n) is 4.94. The lowest BCUT2D eigenvalue weighted by atomic mass is 10.1. The van der Waals surface area contributed by atoms with Gasteiger partial charge in [-0.1, -0.05) is 0 Å². The van der Waals surface area contributed by atoms with E-state index in [1.807, 2.05) is 0 Å². The monoisotopic (exact) mass is 315 g/mol. The van der Waals surface area contributed by atoms with Gasteiger partial charge in [0.1, 0.15) is 11.3 Å². The molecule has 1 aliphatic rings. The van der Waals surface area contributed by atoms with Crippen LogP contribution < -0.4 is 5.32 Å². The van der Waals surface area contributed by atoms with E-state index < -0.39 is 0 Å². The van der Waals surface area contributed by atoms with Gasteiger partial charge in [-0.3, -0.25) is 4.90 Å². The van der Waals surface area contributed by atoms with Crippen molar-refractivity contribution >= 4 is 11.0 Å². The fourth-order valence-corrected chi connectivity index (χ4v) is 3.20. The van der Waals surface area contributed by atoms with Crippen LogP contribution in [0, 0.1) is 13.8 Å². The van der Waals surface area contributed by atoms with Crippen molar-refractivity contribution in [3.8, 4) is 0 Å². The molecule has 4 nitrogen and oxygen atoms in total. The lowest BCUT2D eigenvalue weighted by molar-refractivity contribution is 0.144. The molecule has 0 aliphatic carbocycles. The molecule has 1 N–H and O–H groups in total. The summed E-state index contributed by atoms with van der Waals surface area (Å²) >= 11 is 0. The molecule has 0 bridgehead atoms. The van der Waals surface area contributed by atoms with Crippen LogP contribution in [0.2, 0.25) is 0 Å². The molecule has 1 aliphatic heterocycles. The number of hydrogen-bond acceptors (Lipinski definition) is 4. The molecule has 0 radical (unpaired) electrons. The van der Waals surface area contributed by atoms with Crippen LogP contribution in [0.15, 0.2) is 22.6 Å². The summed E-state index contributed by atoms with van der Waals surface area (Å²) in [6, 6.07) is 6.99.